The van der Waals surface area contributed by atoms with E-state index >= 15 is 0 Å². The van der Waals surface area contributed by atoms with Crippen LogP contribution in [0.15, 0.2) is 49.2 Å². The van der Waals surface area contributed by atoms with Gasteiger partial charge in [-0.1, -0.05) is 20.4 Å². The highest BCUT2D eigenvalue weighted by atomic mass is 19.1. The van der Waals surface area contributed by atoms with Gasteiger partial charge in [-0.15, -0.1) is 0 Å². The summed E-state index contributed by atoms with van der Waals surface area (Å²) in [5.41, 5.74) is 2.78. The molecule has 1 aliphatic rings. The van der Waals surface area contributed by atoms with Gasteiger partial charge in [0.2, 0.25) is 5.91 Å². The maximum Gasteiger partial charge on any atom is 0.274 e. The third-order valence-corrected chi connectivity index (χ3v) is 6.07. The molecule has 2 aromatic heterocycles. The summed E-state index contributed by atoms with van der Waals surface area (Å²) in [6, 6.07) is 8.11. The largest absolute Gasteiger partial charge is 0.335 e. The first-order valence-corrected chi connectivity index (χ1v) is 11.0. The molecule has 1 saturated heterocycles. The standard InChI is InChI=1S/C25H28FN5O2/c1-6-22(32)29-11-12-30(25(4,5)15-29)24(33)21-14-31-23(27-21)19(16(2)3)13-20(28-31)17-7-9-18(26)10-8-17/h6-10,13-14,16H,1,11-12,15H2,2-5H3. The summed E-state index contributed by atoms with van der Waals surface area (Å²) < 4.78 is 15.0. The van der Waals surface area contributed by atoms with Gasteiger partial charge in [0.15, 0.2) is 5.65 Å². The molecule has 0 saturated carbocycles. The zero-order valence-electron chi connectivity index (χ0n) is 19.4. The maximum atomic E-state index is 13.5. The van der Waals surface area contributed by atoms with Gasteiger partial charge in [0.1, 0.15) is 11.5 Å². The molecule has 1 aromatic carbocycles. The molecule has 4 rings (SSSR count). The second-order valence-corrected chi connectivity index (χ2v) is 9.27. The smallest absolute Gasteiger partial charge is 0.274 e. The molecule has 2 amide bonds. The van der Waals surface area contributed by atoms with Crippen LogP contribution >= 0.6 is 0 Å². The Morgan fingerprint density at radius 2 is 1.88 bits per heavy atom. The Balaban J connectivity index is 1.71. The van der Waals surface area contributed by atoms with Crippen LogP contribution in [-0.4, -0.2) is 61.4 Å². The van der Waals surface area contributed by atoms with Gasteiger partial charge in [-0.3, -0.25) is 9.59 Å². The summed E-state index contributed by atoms with van der Waals surface area (Å²) in [6.45, 7) is 12.8. The summed E-state index contributed by atoms with van der Waals surface area (Å²) in [7, 11) is 0. The van der Waals surface area contributed by atoms with E-state index in [1.54, 1.807) is 32.6 Å². The van der Waals surface area contributed by atoms with Crippen LogP contribution in [0.25, 0.3) is 16.9 Å². The molecule has 3 aromatic rings. The van der Waals surface area contributed by atoms with Gasteiger partial charge in [-0.2, -0.15) is 5.10 Å². The van der Waals surface area contributed by atoms with E-state index in [-0.39, 0.29) is 23.5 Å². The van der Waals surface area contributed by atoms with Gasteiger partial charge < -0.3 is 9.80 Å². The van der Waals surface area contributed by atoms with E-state index in [2.05, 4.69) is 30.5 Å². The van der Waals surface area contributed by atoms with Crippen LogP contribution in [0, 0.1) is 5.82 Å². The number of aromatic nitrogens is 3. The van der Waals surface area contributed by atoms with Crippen LogP contribution in [0.1, 0.15) is 49.7 Å². The fourth-order valence-electron chi connectivity index (χ4n) is 4.28. The van der Waals surface area contributed by atoms with Crippen LogP contribution in [0.4, 0.5) is 4.39 Å². The third kappa shape index (κ3) is 4.25. The van der Waals surface area contributed by atoms with E-state index in [1.807, 2.05) is 19.9 Å². The average Bonchev–Trinajstić information content (AvgIpc) is 3.21. The molecule has 3 heterocycles. The summed E-state index contributed by atoms with van der Waals surface area (Å²) in [5.74, 6) is -0.502. The monoisotopic (exact) mass is 449 g/mol. The quantitative estimate of drug-likeness (QED) is 0.567. The number of amides is 2. The number of fused-ring (bicyclic) bond motifs is 1. The Morgan fingerprint density at radius 3 is 2.48 bits per heavy atom. The molecule has 1 fully saturated rings. The Labute approximate surface area is 192 Å². The van der Waals surface area contributed by atoms with E-state index < -0.39 is 5.54 Å². The molecule has 33 heavy (non-hydrogen) atoms. The fraction of sp³-hybridized carbons (Fsp3) is 0.360. The summed E-state index contributed by atoms with van der Waals surface area (Å²) >= 11 is 0. The number of carbonyl (C=O) groups excluding carboxylic acids is 2. The fourth-order valence-corrected chi connectivity index (χ4v) is 4.28. The predicted octanol–water partition coefficient (Wildman–Crippen LogP) is 3.91. The molecule has 0 N–H and O–H groups in total. The Morgan fingerprint density at radius 1 is 1.18 bits per heavy atom. The van der Waals surface area contributed by atoms with Crippen molar-refractivity contribution in [2.24, 2.45) is 0 Å². The van der Waals surface area contributed by atoms with Crippen molar-refractivity contribution < 1.29 is 14.0 Å². The van der Waals surface area contributed by atoms with Crippen molar-refractivity contribution >= 4 is 17.5 Å². The Hall–Kier alpha value is -3.55. The van der Waals surface area contributed by atoms with Crippen LogP contribution in [-0.2, 0) is 4.79 Å². The molecular formula is C25H28FN5O2. The van der Waals surface area contributed by atoms with E-state index in [0.717, 1.165) is 11.1 Å². The van der Waals surface area contributed by atoms with Gasteiger partial charge in [0, 0.05) is 30.8 Å². The number of piperazine rings is 1. The van der Waals surface area contributed by atoms with Crippen LogP contribution < -0.4 is 0 Å². The minimum absolute atomic E-state index is 0.137. The van der Waals surface area contributed by atoms with Crippen LogP contribution in [0.5, 0.6) is 0 Å². The predicted molar refractivity (Wildman–Crippen MR) is 124 cm³/mol. The highest BCUT2D eigenvalue weighted by Gasteiger charge is 2.39. The first-order valence-electron chi connectivity index (χ1n) is 11.0. The van der Waals surface area contributed by atoms with Gasteiger partial charge in [0.25, 0.3) is 5.91 Å². The molecule has 0 aliphatic carbocycles. The number of nitrogens with zero attached hydrogens (tertiary/aromatic N) is 5. The van der Waals surface area contributed by atoms with Crippen molar-refractivity contribution in [2.45, 2.75) is 39.2 Å². The average molecular weight is 450 g/mol. The highest BCUT2D eigenvalue weighted by molar-refractivity contribution is 5.94. The lowest BCUT2D eigenvalue weighted by Crippen LogP contribution is -2.61. The zero-order valence-corrected chi connectivity index (χ0v) is 19.4. The second kappa shape index (κ2) is 8.42. The Bertz CT molecular complexity index is 1230. The first-order chi connectivity index (χ1) is 15.6. The van der Waals surface area contributed by atoms with Gasteiger partial charge in [-0.25, -0.2) is 13.9 Å². The minimum atomic E-state index is -0.558. The Kier molecular flexibility index (Phi) is 5.78. The summed E-state index contributed by atoms with van der Waals surface area (Å²) in [4.78, 5) is 33.6. The molecule has 0 radical (unpaired) electrons. The van der Waals surface area contributed by atoms with Gasteiger partial charge in [-0.05, 0) is 56.2 Å². The van der Waals surface area contributed by atoms with Crippen molar-refractivity contribution in [3.8, 4) is 11.3 Å². The molecule has 0 spiro atoms. The van der Waals surface area contributed by atoms with Gasteiger partial charge in [0.05, 0.1) is 17.4 Å². The lowest BCUT2D eigenvalue weighted by atomic mass is 9.98. The van der Waals surface area contributed by atoms with Crippen molar-refractivity contribution in [3.63, 3.8) is 0 Å². The molecule has 0 unspecified atom stereocenters. The molecule has 8 heteroatoms. The molecule has 0 bridgehead atoms. The minimum Gasteiger partial charge on any atom is -0.335 e. The number of carbonyl (C=O) groups is 2. The number of hydrogen-bond acceptors (Lipinski definition) is 4. The third-order valence-electron chi connectivity index (χ3n) is 6.07. The normalized spacial score (nSPS) is 15.8. The topological polar surface area (TPSA) is 70.8 Å². The number of imidazole rings is 1. The maximum absolute atomic E-state index is 13.5. The van der Waals surface area contributed by atoms with Crippen molar-refractivity contribution in [1.82, 2.24) is 24.4 Å². The second-order valence-electron chi connectivity index (χ2n) is 9.27. The van der Waals surface area contributed by atoms with Crippen LogP contribution in [0.3, 0.4) is 0 Å². The van der Waals surface area contributed by atoms with Crippen molar-refractivity contribution in [2.75, 3.05) is 19.6 Å². The highest BCUT2D eigenvalue weighted by Crippen LogP contribution is 2.28. The van der Waals surface area contributed by atoms with Gasteiger partial charge >= 0.3 is 0 Å². The summed E-state index contributed by atoms with van der Waals surface area (Å²) in [5, 5.41) is 4.65. The molecule has 172 valence electrons. The van der Waals surface area contributed by atoms with E-state index in [4.69, 9.17) is 0 Å². The number of halogens is 1. The first kappa shape index (κ1) is 22.6. The lowest BCUT2D eigenvalue weighted by molar-refractivity contribution is -0.130. The van der Waals surface area contributed by atoms with Crippen molar-refractivity contribution in [3.05, 3.63) is 66.3 Å². The lowest BCUT2D eigenvalue weighted by Gasteiger charge is -2.46. The number of rotatable bonds is 4. The van der Waals surface area contributed by atoms with Crippen molar-refractivity contribution in [1.29, 1.82) is 0 Å². The summed E-state index contributed by atoms with van der Waals surface area (Å²) in [6.07, 6.45) is 2.95. The van der Waals surface area contributed by atoms with E-state index in [1.165, 1.54) is 18.2 Å². The SMILES string of the molecule is C=CC(=O)N1CCN(C(=O)c2cn3nc(-c4ccc(F)cc4)cc(C(C)C)c3n2)C(C)(C)C1. The number of hydrogen-bond donors (Lipinski definition) is 0. The van der Waals surface area contributed by atoms with Crippen LogP contribution in [0.2, 0.25) is 0 Å². The van der Waals surface area contributed by atoms with E-state index in [0.29, 0.717) is 36.7 Å². The van der Waals surface area contributed by atoms with E-state index in [9.17, 15) is 14.0 Å². The molecular weight excluding hydrogens is 421 g/mol. The molecule has 7 nitrogen and oxygen atoms in total. The number of benzene rings is 1. The zero-order chi connectivity index (χ0) is 23.9. The molecule has 0 atom stereocenters. The molecule has 1 aliphatic heterocycles.